The topological polar surface area (TPSA) is 29.6 Å². The molecule has 0 N–H and O–H groups in total. The van der Waals surface area contributed by atoms with Crippen LogP contribution in [0.5, 0.6) is 0 Å². The minimum atomic E-state index is -0.717. The number of ether oxygens (including phenoxy) is 1. The summed E-state index contributed by atoms with van der Waals surface area (Å²) < 4.78 is 5.83. The molecule has 0 radical (unpaired) electrons. The van der Waals surface area contributed by atoms with Crippen molar-refractivity contribution in [1.29, 1.82) is 0 Å². The molecule has 4 rings (SSSR count). The van der Waals surface area contributed by atoms with Crippen LogP contribution in [0.25, 0.3) is 11.1 Å². The lowest BCUT2D eigenvalue weighted by Gasteiger charge is -2.21. The van der Waals surface area contributed by atoms with Crippen LogP contribution in [0.4, 0.5) is 0 Å². The second kappa shape index (κ2) is 3.09. The average molecular weight is 236 g/mol. The van der Waals surface area contributed by atoms with Gasteiger partial charge in [0, 0.05) is 5.56 Å². The Balaban J connectivity index is 2.08. The third kappa shape index (κ3) is 0.998. The van der Waals surface area contributed by atoms with Crippen molar-refractivity contribution in [3.8, 4) is 11.1 Å². The molecule has 2 nitrogen and oxygen atoms in total. The van der Waals surface area contributed by atoms with Gasteiger partial charge in [-0.3, -0.25) is 4.79 Å². The molecule has 0 amide bonds. The number of fused-ring (bicyclic) bond motifs is 6. The molecule has 2 aromatic carbocycles. The maximum absolute atomic E-state index is 12.0. The van der Waals surface area contributed by atoms with Crippen LogP contribution in [-0.4, -0.2) is 5.78 Å². The smallest absolute Gasteiger partial charge is 0.182 e. The standard InChI is InChI=1S/C16H12O2/c1-10(17)16-14-9-5-4-7-12(14)11-6-2-3-8-13(11)15(16)18-16/h2-9,15H,1H3. The summed E-state index contributed by atoms with van der Waals surface area (Å²) in [5, 5.41) is 0. The van der Waals surface area contributed by atoms with E-state index in [1.54, 1.807) is 6.92 Å². The van der Waals surface area contributed by atoms with Crippen molar-refractivity contribution in [3.05, 3.63) is 59.7 Å². The molecule has 1 fully saturated rings. The lowest BCUT2D eigenvalue weighted by atomic mass is 9.77. The number of Topliss-reactive ketones (excluding diaryl/α,β-unsaturated/α-hetero) is 1. The second-order valence-corrected chi connectivity index (χ2v) is 4.92. The Morgan fingerprint density at radius 2 is 1.72 bits per heavy atom. The quantitative estimate of drug-likeness (QED) is 0.711. The van der Waals surface area contributed by atoms with Crippen LogP contribution in [0, 0.1) is 0 Å². The lowest BCUT2D eigenvalue weighted by Crippen LogP contribution is -2.23. The Morgan fingerprint density at radius 1 is 1.06 bits per heavy atom. The Labute approximate surface area is 105 Å². The van der Waals surface area contributed by atoms with Crippen LogP contribution >= 0.6 is 0 Å². The average Bonchev–Trinajstić information content (AvgIpc) is 3.16. The van der Waals surface area contributed by atoms with E-state index in [0.29, 0.717) is 0 Å². The third-order valence-corrected chi connectivity index (χ3v) is 4.00. The van der Waals surface area contributed by atoms with E-state index >= 15 is 0 Å². The minimum Gasteiger partial charge on any atom is -0.347 e. The Morgan fingerprint density at radius 3 is 2.50 bits per heavy atom. The number of rotatable bonds is 1. The molecule has 1 aliphatic heterocycles. The first kappa shape index (κ1) is 10.0. The maximum atomic E-state index is 12.0. The monoisotopic (exact) mass is 236 g/mol. The van der Waals surface area contributed by atoms with Crippen LogP contribution in [0.2, 0.25) is 0 Å². The molecule has 18 heavy (non-hydrogen) atoms. The lowest BCUT2D eigenvalue weighted by molar-refractivity contribution is -0.122. The number of hydrogen-bond acceptors (Lipinski definition) is 2. The van der Waals surface area contributed by atoms with Gasteiger partial charge < -0.3 is 4.74 Å². The molecule has 2 aliphatic rings. The fraction of sp³-hybridized carbons (Fsp3) is 0.188. The molecular formula is C16H12O2. The summed E-state index contributed by atoms with van der Waals surface area (Å²) in [6.07, 6.45) is -0.0962. The van der Waals surface area contributed by atoms with E-state index < -0.39 is 5.60 Å². The zero-order valence-electron chi connectivity index (χ0n) is 10.0. The van der Waals surface area contributed by atoms with Gasteiger partial charge in [-0.25, -0.2) is 0 Å². The van der Waals surface area contributed by atoms with Crippen molar-refractivity contribution < 1.29 is 9.53 Å². The van der Waals surface area contributed by atoms with Gasteiger partial charge in [0.2, 0.25) is 0 Å². The summed E-state index contributed by atoms with van der Waals surface area (Å²) in [7, 11) is 0. The number of carbonyl (C=O) groups is 1. The highest BCUT2D eigenvalue weighted by molar-refractivity contribution is 5.95. The molecule has 88 valence electrons. The number of benzene rings is 2. The van der Waals surface area contributed by atoms with Crippen LogP contribution in [0.3, 0.4) is 0 Å². The molecule has 2 heteroatoms. The zero-order chi connectivity index (χ0) is 12.3. The van der Waals surface area contributed by atoms with Crippen molar-refractivity contribution in [1.82, 2.24) is 0 Å². The number of epoxide rings is 1. The van der Waals surface area contributed by atoms with Gasteiger partial charge in [0.15, 0.2) is 11.4 Å². The van der Waals surface area contributed by atoms with Gasteiger partial charge in [0.1, 0.15) is 6.10 Å². The molecule has 0 aromatic heterocycles. The van der Waals surface area contributed by atoms with E-state index in [2.05, 4.69) is 18.2 Å². The SMILES string of the molecule is CC(=O)C12OC1c1ccccc1-c1ccccc12. The molecule has 2 atom stereocenters. The molecule has 1 heterocycles. The summed E-state index contributed by atoms with van der Waals surface area (Å²) in [5.41, 5.74) is 3.74. The first-order valence-corrected chi connectivity index (χ1v) is 6.13. The Bertz CT molecular complexity index is 674. The van der Waals surface area contributed by atoms with Crippen molar-refractivity contribution in [2.45, 2.75) is 18.6 Å². The number of ketones is 1. The number of hydrogen-bond donors (Lipinski definition) is 0. The van der Waals surface area contributed by atoms with Gasteiger partial charge >= 0.3 is 0 Å². The molecule has 2 aromatic rings. The van der Waals surface area contributed by atoms with Crippen LogP contribution in [0.1, 0.15) is 24.2 Å². The van der Waals surface area contributed by atoms with E-state index in [-0.39, 0.29) is 11.9 Å². The molecule has 2 unspecified atom stereocenters. The highest BCUT2D eigenvalue weighted by Gasteiger charge is 2.65. The van der Waals surface area contributed by atoms with E-state index in [4.69, 9.17) is 4.74 Å². The Hall–Kier alpha value is -1.93. The maximum Gasteiger partial charge on any atom is 0.182 e. The first-order chi connectivity index (χ1) is 8.75. The van der Waals surface area contributed by atoms with Crippen molar-refractivity contribution >= 4 is 5.78 Å². The third-order valence-electron chi connectivity index (χ3n) is 4.00. The highest BCUT2D eigenvalue weighted by atomic mass is 16.6. The fourth-order valence-corrected chi connectivity index (χ4v) is 3.11. The van der Waals surface area contributed by atoms with E-state index in [0.717, 1.165) is 16.7 Å². The van der Waals surface area contributed by atoms with Gasteiger partial charge in [-0.05, 0) is 23.6 Å². The predicted molar refractivity (Wildman–Crippen MR) is 68.1 cm³/mol. The van der Waals surface area contributed by atoms with Crippen LogP contribution < -0.4 is 0 Å². The van der Waals surface area contributed by atoms with E-state index in [1.165, 1.54) is 5.56 Å². The van der Waals surface area contributed by atoms with Crippen molar-refractivity contribution in [2.24, 2.45) is 0 Å². The predicted octanol–water partition coefficient (Wildman–Crippen LogP) is 3.22. The van der Waals surface area contributed by atoms with E-state index in [9.17, 15) is 4.79 Å². The van der Waals surface area contributed by atoms with Gasteiger partial charge in [0.25, 0.3) is 0 Å². The van der Waals surface area contributed by atoms with Crippen LogP contribution in [0.15, 0.2) is 48.5 Å². The molecule has 0 bridgehead atoms. The first-order valence-electron chi connectivity index (χ1n) is 6.13. The summed E-state index contributed by atoms with van der Waals surface area (Å²) >= 11 is 0. The summed E-state index contributed by atoms with van der Waals surface area (Å²) in [6.45, 7) is 1.62. The van der Waals surface area contributed by atoms with Crippen molar-refractivity contribution in [2.75, 3.05) is 0 Å². The molecule has 0 saturated carbocycles. The largest absolute Gasteiger partial charge is 0.347 e. The van der Waals surface area contributed by atoms with Crippen molar-refractivity contribution in [3.63, 3.8) is 0 Å². The molecule has 0 spiro atoms. The van der Waals surface area contributed by atoms with Gasteiger partial charge in [-0.2, -0.15) is 0 Å². The zero-order valence-corrected chi connectivity index (χ0v) is 10.0. The summed E-state index contributed by atoms with van der Waals surface area (Å²) in [5.74, 6) is 0.0921. The summed E-state index contributed by atoms with van der Waals surface area (Å²) in [4.78, 5) is 12.0. The van der Waals surface area contributed by atoms with Gasteiger partial charge in [-0.15, -0.1) is 0 Å². The highest BCUT2D eigenvalue weighted by Crippen LogP contribution is 2.64. The summed E-state index contributed by atoms with van der Waals surface area (Å²) in [6, 6.07) is 16.2. The van der Waals surface area contributed by atoms with E-state index in [1.807, 2.05) is 30.3 Å². The molecule has 1 aliphatic carbocycles. The normalized spacial score (nSPS) is 26.8. The fourth-order valence-electron chi connectivity index (χ4n) is 3.11. The molecule has 1 saturated heterocycles. The Kier molecular flexibility index (Phi) is 1.72. The minimum absolute atomic E-state index is 0.0921. The van der Waals surface area contributed by atoms with Crippen LogP contribution in [-0.2, 0) is 15.1 Å². The number of carbonyl (C=O) groups excluding carboxylic acids is 1. The van der Waals surface area contributed by atoms with Gasteiger partial charge in [0.05, 0.1) is 0 Å². The molecular weight excluding hydrogens is 224 g/mol. The second-order valence-electron chi connectivity index (χ2n) is 4.92. The van der Waals surface area contributed by atoms with Gasteiger partial charge in [-0.1, -0.05) is 48.5 Å².